The minimum absolute atomic E-state index is 0.0165. The molecule has 3 aromatic carbocycles. The van der Waals surface area contributed by atoms with Crippen LogP contribution in [-0.4, -0.2) is 50.8 Å². The minimum Gasteiger partial charge on any atom is -0.493 e. The number of fused-ring (bicyclic) bond motifs is 1. The van der Waals surface area contributed by atoms with Crippen molar-refractivity contribution >= 4 is 34.3 Å². The standard InChI is InChI=1S/C26H24N8O5/c1-37-21-12-17(13-22(38-2)23(21)39-3)30-24-28-15-29-26(32-24)33-20-10-5-4-9-19(20)31-25(33)27-14-16-7-6-8-18(11-16)34(35)36/h4-13,15H,14H2,1-3H3,(H,27,31)(H,28,29,30,32). The molecule has 0 aliphatic carbocycles. The fourth-order valence-corrected chi connectivity index (χ4v) is 4.05. The summed E-state index contributed by atoms with van der Waals surface area (Å²) in [7, 11) is 4.61. The highest BCUT2D eigenvalue weighted by Gasteiger charge is 2.17. The van der Waals surface area contributed by atoms with Gasteiger partial charge in [-0.05, 0) is 17.7 Å². The van der Waals surface area contributed by atoms with Crippen molar-refractivity contribution in [3.05, 3.63) is 82.7 Å². The Hall–Kier alpha value is -5.46. The summed E-state index contributed by atoms with van der Waals surface area (Å²) >= 11 is 0. The average Bonchev–Trinajstić information content (AvgIpc) is 3.34. The third-order valence-corrected chi connectivity index (χ3v) is 5.81. The summed E-state index contributed by atoms with van der Waals surface area (Å²) in [6.07, 6.45) is 1.39. The van der Waals surface area contributed by atoms with Crippen LogP contribution in [0.5, 0.6) is 17.2 Å². The molecule has 0 saturated carbocycles. The zero-order valence-corrected chi connectivity index (χ0v) is 21.3. The number of nitrogens with one attached hydrogen (secondary N) is 2. The number of nitro benzene ring substituents is 1. The first-order valence-electron chi connectivity index (χ1n) is 11.7. The van der Waals surface area contributed by atoms with Gasteiger partial charge in [0.05, 0.1) is 37.3 Å². The number of rotatable bonds is 10. The van der Waals surface area contributed by atoms with Crippen LogP contribution in [0.4, 0.5) is 23.3 Å². The van der Waals surface area contributed by atoms with Crippen LogP contribution in [-0.2, 0) is 6.54 Å². The van der Waals surface area contributed by atoms with Gasteiger partial charge in [0, 0.05) is 36.5 Å². The van der Waals surface area contributed by atoms with Crippen molar-refractivity contribution in [1.82, 2.24) is 24.5 Å². The van der Waals surface area contributed by atoms with Crippen LogP contribution in [0.25, 0.3) is 17.0 Å². The van der Waals surface area contributed by atoms with Crippen molar-refractivity contribution in [2.45, 2.75) is 6.54 Å². The van der Waals surface area contributed by atoms with E-state index in [1.165, 1.54) is 39.8 Å². The molecule has 0 fully saturated rings. The van der Waals surface area contributed by atoms with Crippen molar-refractivity contribution in [1.29, 1.82) is 0 Å². The second-order valence-electron chi connectivity index (χ2n) is 8.19. The third kappa shape index (κ3) is 5.18. The Balaban J connectivity index is 1.49. The first-order valence-corrected chi connectivity index (χ1v) is 11.7. The Morgan fingerprint density at radius 2 is 1.69 bits per heavy atom. The Bertz CT molecular complexity index is 1630. The van der Waals surface area contributed by atoms with Crippen LogP contribution in [0.3, 0.4) is 0 Å². The Labute approximate surface area is 222 Å². The molecule has 0 aliphatic heterocycles. The molecule has 0 saturated heterocycles. The van der Waals surface area contributed by atoms with Crippen LogP contribution in [0.2, 0.25) is 0 Å². The number of methoxy groups -OCH3 is 3. The summed E-state index contributed by atoms with van der Waals surface area (Å²) in [5.74, 6) is 2.47. The summed E-state index contributed by atoms with van der Waals surface area (Å²) in [5, 5.41) is 17.6. The molecule has 2 aromatic heterocycles. The molecule has 0 radical (unpaired) electrons. The van der Waals surface area contributed by atoms with Gasteiger partial charge in [-0.3, -0.25) is 10.1 Å². The summed E-state index contributed by atoms with van der Waals surface area (Å²) in [4.78, 5) is 28.7. The molecule has 13 heteroatoms. The van der Waals surface area contributed by atoms with Crippen LogP contribution in [0.1, 0.15) is 5.56 Å². The van der Waals surface area contributed by atoms with Gasteiger partial charge < -0.3 is 24.8 Å². The van der Waals surface area contributed by atoms with Gasteiger partial charge in [0.25, 0.3) is 5.69 Å². The van der Waals surface area contributed by atoms with Gasteiger partial charge in [-0.25, -0.2) is 19.5 Å². The molecule has 0 unspecified atom stereocenters. The molecule has 2 N–H and O–H groups in total. The molecule has 0 atom stereocenters. The highest BCUT2D eigenvalue weighted by molar-refractivity contribution is 5.80. The number of imidazole rings is 1. The van der Waals surface area contributed by atoms with E-state index in [2.05, 4.69) is 30.6 Å². The monoisotopic (exact) mass is 528 g/mol. The fourth-order valence-electron chi connectivity index (χ4n) is 4.05. The molecular formula is C26H24N8O5. The molecular weight excluding hydrogens is 504 g/mol. The number of para-hydroxylation sites is 2. The quantitative estimate of drug-likeness (QED) is 0.195. The Morgan fingerprint density at radius 3 is 2.41 bits per heavy atom. The van der Waals surface area contributed by atoms with Crippen LogP contribution in [0, 0.1) is 10.1 Å². The molecule has 5 aromatic rings. The zero-order valence-electron chi connectivity index (χ0n) is 21.3. The summed E-state index contributed by atoms with van der Waals surface area (Å²) in [6.45, 7) is 0.298. The van der Waals surface area contributed by atoms with Crippen LogP contribution in [0.15, 0.2) is 67.0 Å². The Morgan fingerprint density at radius 1 is 0.923 bits per heavy atom. The number of hydrogen-bond donors (Lipinski definition) is 2. The third-order valence-electron chi connectivity index (χ3n) is 5.81. The topological polar surface area (TPSA) is 151 Å². The molecule has 0 aliphatic rings. The number of anilines is 3. The second-order valence-corrected chi connectivity index (χ2v) is 8.19. The normalized spacial score (nSPS) is 10.7. The number of aromatic nitrogens is 5. The van der Waals surface area contributed by atoms with Crippen molar-refractivity contribution in [3.8, 4) is 23.2 Å². The van der Waals surface area contributed by atoms with E-state index in [9.17, 15) is 10.1 Å². The van der Waals surface area contributed by atoms with E-state index < -0.39 is 4.92 Å². The van der Waals surface area contributed by atoms with Crippen LogP contribution >= 0.6 is 0 Å². The lowest BCUT2D eigenvalue weighted by molar-refractivity contribution is -0.384. The molecule has 198 valence electrons. The lowest BCUT2D eigenvalue weighted by Crippen LogP contribution is -2.10. The number of nitro groups is 1. The number of benzene rings is 3. The van der Waals surface area contributed by atoms with Gasteiger partial charge in [0.1, 0.15) is 6.33 Å². The largest absolute Gasteiger partial charge is 0.493 e. The number of ether oxygens (including phenoxy) is 3. The van der Waals surface area contributed by atoms with E-state index in [0.717, 1.165) is 16.6 Å². The molecule has 0 bridgehead atoms. The van der Waals surface area contributed by atoms with E-state index >= 15 is 0 Å². The van der Waals surface area contributed by atoms with E-state index in [-0.39, 0.29) is 11.6 Å². The first kappa shape index (κ1) is 25.2. The first-order chi connectivity index (χ1) is 19.0. The molecule has 0 spiro atoms. The van der Waals surface area contributed by atoms with Gasteiger partial charge in [-0.1, -0.05) is 24.3 Å². The minimum atomic E-state index is -0.425. The van der Waals surface area contributed by atoms with E-state index in [1.807, 2.05) is 24.3 Å². The smallest absolute Gasteiger partial charge is 0.269 e. The number of nitrogens with zero attached hydrogens (tertiary/aromatic N) is 6. The van der Waals surface area contributed by atoms with E-state index in [4.69, 9.17) is 14.2 Å². The number of non-ortho nitro benzene ring substituents is 1. The highest BCUT2D eigenvalue weighted by Crippen LogP contribution is 2.40. The molecule has 39 heavy (non-hydrogen) atoms. The summed E-state index contributed by atoms with van der Waals surface area (Å²) in [5.41, 5.74) is 2.84. The predicted molar refractivity (Wildman–Crippen MR) is 144 cm³/mol. The van der Waals surface area contributed by atoms with E-state index in [1.54, 1.807) is 28.8 Å². The lowest BCUT2D eigenvalue weighted by Gasteiger charge is -2.15. The molecule has 5 rings (SSSR count). The maximum Gasteiger partial charge on any atom is 0.269 e. The maximum absolute atomic E-state index is 11.2. The van der Waals surface area contributed by atoms with E-state index in [0.29, 0.717) is 41.4 Å². The number of hydrogen-bond acceptors (Lipinski definition) is 11. The highest BCUT2D eigenvalue weighted by atomic mass is 16.6. The molecule has 0 amide bonds. The maximum atomic E-state index is 11.2. The fraction of sp³-hybridized carbons (Fsp3) is 0.154. The predicted octanol–water partition coefficient (Wildman–Crippen LogP) is 4.50. The van der Waals surface area contributed by atoms with Gasteiger partial charge in [0.2, 0.25) is 23.6 Å². The van der Waals surface area contributed by atoms with Gasteiger partial charge in [-0.15, -0.1) is 0 Å². The summed E-state index contributed by atoms with van der Waals surface area (Å²) in [6, 6.07) is 17.4. The van der Waals surface area contributed by atoms with Crippen molar-refractivity contribution in [3.63, 3.8) is 0 Å². The Kier molecular flexibility index (Phi) is 7.03. The van der Waals surface area contributed by atoms with Crippen LogP contribution < -0.4 is 24.8 Å². The van der Waals surface area contributed by atoms with Gasteiger partial charge in [0.15, 0.2) is 11.5 Å². The molecule has 13 nitrogen and oxygen atoms in total. The van der Waals surface area contributed by atoms with Gasteiger partial charge in [-0.2, -0.15) is 4.98 Å². The van der Waals surface area contributed by atoms with Crippen molar-refractivity contribution in [2.24, 2.45) is 0 Å². The van der Waals surface area contributed by atoms with Crippen molar-refractivity contribution in [2.75, 3.05) is 32.0 Å². The van der Waals surface area contributed by atoms with Crippen molar-refractivity contribution < 1.29 is 19.1 Å². The SMILES string of the molecule is COc1cc(Nc2ncnc(-n3c(NCc4cccc([N+](=O)[O-])c4)nc4ccccc43)n2)cc(OC)c1OC. The second kappa shape index (κ2) is 10.9. The summed E-state index contributed by atoms with van der Waals surface area (Å²) < 4.78 is 18.0. The zero-order chi connectivity index (χ0) is 27.4. The lowest BCUT2D eigenvalue weighted by atomic mass is 10.2. The van der Waals surface area contributed by atoms with Gasteiger partial charge >= 0.3 is 0 Å². The average molecular weight is 529 g/mol. The molecule has 2 heterocycles.